The predicted octanol–water partition coefficient (Wildman–Crippen LogP) is 2.87. The minimum Gasteiger partial charge on any atom is -0.505 e. The molecule has 0 bridgehead atoms. The highest BCUT2D eigenvalue weighted by Crippen LogP contribution is 2.29. The minimum absolute atomic E-state index is 0.169. The van der Waals surface area contributed by atoms with Gasteiger partial charge in [-0.1, -0.05) is 12.1 Å². The number of amides is 1. The Morgan fingerprint density at radius 1 is 1.00 bits per heavy atom. The number of rotatable bonds is 3. The van der Waals surface area contributed by atoms with Crippen LogP contribution in [0, 0.1) is 0 Å². The molecule has 0 aliphatic carbocycles. The largest absolute Gasteiger partial charge is 0.505 e. The fourth-order valence-corrected chi connectivity index (χ4v) is 2.80. The van der Waals surface area contributed by atoms with E-state index in [2.05, 4.69) is 5.32 Å². The van der Waals surface area contributed by atoms with E-state index >= 15 is 0 Å². The van der Waals surface area contributed by atoms with Gasteiger partial charge in [0.05, 0.1) is 12.5 Å². The highest BCUT2D eigenvalue weighted by atomic mass is 16.5. The third-order valence-electron chi connectivity index (χ3n) is 4.21. The number of methoxy groups -OCH3 is 1. The fraction of sp³-hybridized carbons (Fsp3) is 0.0500. The Morgan fingerprint density at radius 2 is 1.75 bits per heavy atom. The van der Waals surface area contributed by atoms with Gasteiger partial charge in [0.15, 0.2) is 11.4 Å². The zero-order valence-corrected chi connectivity index (χ0v) is 14.5. The summed E-state index contributed by atoms with van der Waals surface area (Å²) < 4.78 is 15.3. The lowest BCUT2D eigenvalue weighted by Crippen LogP contribution is -2.23. The molecule has 2 aromatic carbocycles. The standard InChI is InChI=1S/C20H13NO7/c1-26-11-7-6-10-8-13(19(24)28-15(10)9-11)18(23)21-16-17(22)12-4-2-3-5-14(12)27-20(16)25/h2-9,22H,1H3,(H,21,23). The van der Waals surface area contributed by atoms with Gasteiger partial charge in [0.25, 0.3) is 5.91 Å². The second-order valence-electron chi connectivity index (χ2n) is 5.91. The van der Waals surface area contributed by atoms with Gasteiger partial charge in [-0.05, 0) is 30.3 Å². The monoisotopic (exact) mass is 379 g/mol. The van der Waals surface area contributed by atoms with Crippen molar-refractivity contribution in [3.05, 3.63) is 74.9 Å². The molecule has 0 aliphatic heterocycles. The molecule has 0 radical (unpaired) electrons. The molecule has 0 fully saturated rings. The van der Waals surface area contributed by atoms with Crippen LogP contribution < -0.4 is 21.3 Å². The van der Waals surface area contributed by atoms with Gasteiger partial charge in [-0.15, -0.1) is 0 Å². The Labute approximate surface area is 156 Å². The molecular formula is C20H13NO7. The number of aromatic hydroxyl groups is 1. The van der Waals surface area contributed by atoms with E-state index < -0.39 is 28.6 Å². The summed E-state index contributed by atoms with van der Waals surface area (Å²) in [5.41, 5.74) is -2.22. The number of para-hydroxylation sites is 1. The number of anilines is 1. The predicted molar refractivity (Wildman–Crippen MR) is 101 cm³/mol. The van der Waals surface area contributed by atoms with Gasteiger partial charge in [-0.2, -0.15) is 0 Å². The van der Waals surface area contributed by atoms with Crippen molar-refractivity contribution in [1.29, 1.82) is 0 Å². The van der Waals surface area contributed by atoms with Gasteiger partial charge >= 0.3 is 11.3 Å². The molecule has 28 heavy (non-hydrogen) atoms. The average molecular weight is 379 g/mol. The summed E-state index contributed by atoms with van der Waals surface area (Å²) in [6.45, 7) is 0. The normalized spacial score (nSPS) is 10.9. The molecule has 0 spiro atoms. The van der Waals surface area contributed by atoms with Crippen LogP contribution in [0.4, 0.5) is 5.69 Å². The molecule has 0 unspecified atom stereocenters. The van der Waals surface area contributed by atoms with E-state index in [1.807, 2.05) is 0 Å². The highest BCUT2D eigenvalue weighted by molar-refractivity contribution is 6.07. The maximum Gasteiger partial charge on any atom is 0.364 e. The first-order valence-corrected chi connectivity index (χ1v) is 8.16. The number of carbonyl (C=O) groups excluding carboxylic acids is 1. The summed E-state index contributed by atoms with van der Waals surface area (Å²) in [4.78, 5) is 36.9. The zero-order valence-electron chi connectivity index (χ0n) is 14.5. The Bertz CT molecular complexity index is 1350. The van der Waals surface area contributed by atoms with E-state index in [4.69, 9.17) is 13.6 Å². The Kier molecular flexibility index (Phi) is 4.08. The van der Waals surface area contributed by atoms with Crippen LogP contribution in [-0.4, -0.2) is 18.1 Å². The van der Waals surface area contributed by atoms with Crippen LogP contribution in [0.2, 0.25) is 0 Å². The van der Waals surface area contributed by atoms with Crippen molar-refractivity contribution < 1.29 is 23.5 Å². The van der Waals surface area contributed by atoms with E-state index in [0.29, 0.717) is 11.1 Å². The molecule has 0 saturated carbocycles. The molecule has 4 rings (SSSR count). The summed E-state index contributed by atoms with van der Waals surface area (Å²) in [7, 11) is 1.47. The van der Waals surface area contributed by atoms with Crippen LogP contribution in [0.5, 0.6) is 11.5 Å². The van der Waals surface area contributed by atoms with Crippen molar-refractivity contribution >= 4 is 33.5 Å². The maximum atomic E-state index is 12.6. The average Bonchev–Trinajstić information content (AvgIpc) is 2.70. The fourth-order valence-electron chi connectivity index (χ4n) is 2.80. The lowest BCUT2D eigenvalue weighted by Gasteiger charge is -2.08. The number of ether oxygens (including phenoxy) is 1. The lowest BCUT2D eigenvalue weighted by molar-refractivity contribution is 0.102. The smallest absolute Gasteiger partial charge is 0.364 e. The molecule has 0 atom stereocenters. The van der Waals surface area contributed by atoms with E-state index in [1.54, 1.807) is 24.3 Å². The second-order valence-corrected chi connectivity index (χ2v) is 5.91. The first kappa shape index (κ1) is 17.3. The van der Waals surface area contributed by atoms with Crippen LogP contribution in [0.1, 0.15) is 10.4 Å². The van der Waals surface area contributed by atoms with Gasteiger partial charge in [0, 0.05) is 11.5 Å². The summed E-state index contributed by atoms with van der Waals surface area (Å²) in [5.74, 6) is -0.869. The third-order valence-corrected chi connectivity index (χ3v) is 4.21. The topological polar surface area (TPSA) is 119 Å². The van der Waals surface area contributed by atoms with Crippen molar-refractivity contribution in [3.8, 4) is 11.5 Å². The van der Waals surface area contributed by atoms with E-state index in [1.165, 1.54) is 31.4 Å². The molecule has 0 saturated heterocycles. The van der Waals surface area contributed by atoms with Crippen molar-refractivity contribution in [2.24, 2.45) is 0 Å². The Balaban J connectivity index is 1.77. The summed E-state index contributed by atoms with van der Waals surface area (Å²) >= 11 is 0. The third kappa shape index (κ3) is 2.86. The van der Waals surface area contributed by atoms with Gasteiger partial charge in [-0.25, -0.2) is 9.59 Å². The number of fused-ring (bicyclic) bond motifs is 2. The molecule has 2 N–H and O–H groups in total. The molecule has 2 aromatic heterocycles. The van der Waals surface area contributed by atoms with Crippen LogP contribution in [-0.2, 0) is 0 Å². The first-order valence-electron chi connectivity index (χ1n) is 8.16. The molecule has 2 heterocycles. The van der Waals surface area contributed by atoms with Crippen LogP contribution in [0.15, 0.2) is 67.0 Å². The quantitative estimate of drug-likeness (QED) is 0.525. The maximum absolute atomic E-state index is 12.6. The van der Waals surface area contributed by atoms with Crippen molar-refractivity contribution in [2.45, 2.75) is 0 Å². The van der Waals surface area contributed by atoms with Gasteiger partial charge in [-0.3, -0.25) is 4.79 Å². The Hall–Kier alpha value is -4.07. The minimum atomic E-state index is -0.945. The van der Waals surface area contributed by atoms with E-state index in [-0.39, 0.29) is 22.1 Å². The summed E-state index contributed by atoms with van der Waals surface area (Å²) in [5, 5.41) is 13.3. The van der Waals surface area contributed by atoms with Gasteiger partial charge in [0.1, 0.15) is 22.5 Å². The molecule has 4 aromatic rings. The first-order chi connectivity index (χ1) is 13.5. The van der Waals surface area contributed by atoms with E-state index in [0.717, 1.165) is 0 Å². The van der Waals surface area contributed by atoms with Crippen molar-refractivity contribution in [3.63, 3.8) is 0 Å². The van der Waals surface area contributed by atoms with Gasteiger partial charge < -0.3 is 24.0 Å². The van der Waals surface area contributed by atoms with Crippen LogP contribution in [0.25, 0.3) is 21.9 Å². The van der Waals surface area contributed by atoms with Crippen LogP contribution in [0.3, 0.4) is 0 Å². The van der Waals surface area contributed by atoms with Gasteiger partial charge in [0.2, 0.25) is 0 Å². The molecule has 8 heteroatoms. The van der Waals surface area contributed by atoms with Crippen LogP contribution >= 0.6 is 0 Å². The van der Waals surface area contributed by atoms with Crippen molar-refractivity contribution in [2.75, 3.05) is 12.4 Å². The number of benzene rings is 2. The number of hydrogen-bond donors (Lipinski definition) is 2. The van der Waals surface area contributed by atoms with Crippen molar-refractivity contribution in [1.82, 2.24) is 0 Å². The lowest BCUT2D eigenvalue weighted by atomic mass is 10.1. The number of nitrogens with one attached hydrogen (secondary N) is 1. The zero-order chi connectivity index (χ0) is 19.8. The summed E-state index contributed by atoms with van der Waals surface area (Å²) in [6, 6.07) is 12.4. The number of hydrogen-bond acceptors (Lipinski definition) is 7. The summed E-state index contributed by atoms with van der Waals surface area (Å²) in [6.07, 6.45) is 0. The SMILES string of the molecule is COc1ccc2cc(C(=O)Nc3c(O)c4ccccc4oc3=O)c(=O)oc2c1. The molecule has 0 aliphatic rings. The van der Waals surface area contributed by atoms with E-state index in [9.17, 15) is 19.5 Å². The number of carbonyl (C=O) groups is 1. The molecular weight excluding hydrogens is 366 g/mol. The molecule has 8 nitrogen and oxygen atoms in total. The Morgan fingerprint density at radius 3 is 2.54 bits per heavy atom. The second kappa shape index (κ2) is 6.58. The highest BCUT2D eigenvalue weighted by Gasteiger charge is 2.20. The molecule has 140 valence electrons. The molecule has 1 amide bonds.